The van der Waals surface area contributed by atoms with Gasteiger partial charge >= 0.3 is 0 Å². The van der Waals surface area contributed by atoms with Crippen LogP contribution in [0.25, 0.3) is 0 Å². The molecule has 3 aliphatic carbocycles. The van der Waals surface area contributed by atoms with Crippen molar-refractivity contribution in [1.82, 2.24) is 0 Å². The molecule has 4 rings (SSSR count). The van der Waals surface area contributed by atoms with Crippen LogP contribution in [0.15, 0.2) is 30.4 Å². The molecule has 0 amide bonds. The summed E-state index contributed by atoms with van der Waals surface area (Å²) in [4.78, 5) is 0. The highest BCUT2D eigenvalue weighted by Gasteiger charge is 2.55. The molecule has 2 N–H and O–H groups in total. The second-order valence-corrected chi connectivity index (χ2v) is 8.62. The number of fused-ring (bicyclic) bond motifs is 5. The predicted molar refractivity (Wildman–Crippen MR) is 92.4 cm³/mol. The minimum Gasteiger partial charge on any atom is -0.508 e. The molecule has 0 bridgehead atoms. The first kappa shape index (κ1) is 15.3. The second kappa shape index (κ2) is 5.11. The Morgan fingerprint density at radius 3 is 2.87 bits per heavy atom. The van der Waals surface area contributed by atoms with Crippen LogP contribution in [0.1, 0.15) is 56.6 Å². The molecule has 0 aromatic heterocycles. The summed E-state index contributed by atoms with van der Waals surface area (Å²) >= 11 is 0. The maximum absolute atomic E-state index is 10.3. The second-order valence-electron chi connectivity index (χ2n) is 8.62. The monoisotopic (exact) mass is 312 g/mol. The minimum absolute atomic E-state index is 0.129. The van der Waals surface area contributed by atoms with Gasteiger partial charge in [0, 0.05) is 0 Å². The minimum atomic E-state index is -0.129. The number of hydrogen-bond acceptors (Lipinski definition) is 2. The summed E-state index contributed by atoms with van der Waals surface area (Å²) in [5.41, 5.74) is 4.30. The maximum Gasteiger partial charge on any atom is 0.115 e. The summed E-state index contributed by atoms with van der Waals surface area (Å²) in [5, 5.41) is 20.2. The van der Waals surface area contributed by atoms with Crippen LogP contribution in [0.4, 0.5) is 0 Å². The number of hydrogen-bond donors (Lipinski definition) is 2. The molecule has 2 fully saturated rings. The third-order valence-corrected chi connectivity index (χ3v) is 7.14. The van der Waals surface area contributed by atoms with Crippen molar-refractivity contribution in [3.63, 3.8) is 0 Å². The Balaban J connectivity index is 1.80. The Bertz CT molecular complexity index is 649. The molecule has 124 valence electrons. The van der Waals surface area contributed by atoms with Crippen molar-refractivity contribution in [3.05, 3.63) is 41.5 Å². The summed E-state index contributed by atoms with van der Waals surface area (Å²) < 4.78 is 0. The van der Waals surface area contributed by atoms with Crippen molar-refractivity contribution >= 4 is 0 Å². The summed E-state index contributed by atoms with van der Waals surface area (Å²) in [5.74, 6) is 2.61. The lowest BCUT2D eigenvalue weighted by Crippen LogP contribution is -2.44. The molecule has 2 nitrogen and oxygen atoms in total. The van der Waals surface area contributed by atoms with Gasteiger partial charge in [-0.05, 0) is 91.4 Å². The molecular weight excluding hydrogens is 284 g/mol. The van der Waals surface area contributed by atoms with Gasteiger partial charge in [0.2, 0.25) is 0 Å². The van der Waals surface area contributed by atoms with Crippen molar-refractivity contribution in [2.24, 2.45) is 23.2 Å². The van der Waals surface area contributed by atoms with E-state index in [1.54, 1.807) is 0 Å². The topological polar surface area (TPSA) is 40.5 Å². The van der Waals surface area contributed by atoms with Crippen LogP contribution in [-0.4, -0.2) is 16.3 Å². The average molecular weight is 312 g/mol. The molecule has 1 aromatic rings. The lowest BCUT2D eigenvalue weighted by Gasteiger charge is -2.52. The largest absolute Gasteiger partial charge is 0.508 e. The molecule has 0 saturated heterocycles. The molecule has 23 heavy (non-hydrogen) atoms. The molecule has 6 atom stereocenters. The molecule has 0 spiro atoms. The van der Waals surface area contributed by atoms with E-state index >= 15 is 0 Å². The van der Waals surface area contributed by atoms with E-state index in [4.69, 9.17) is 0 Å². The van der Waals surface area contributed by atoms with Crippen molar-refractivity contribution in [2.75, 3.05) is 0 Å². The van der Waals surface area contributed by atoms with Gasteiger partial charge in [0.15, 0.2) is 0 Å². The van der Waals surface area contributed by atoms with Crippen molar-refractivity contribution in [3.8, 4) is 5.75 Å². The van der Waals surface area contributed by atoms with Gasteiger partial charge in [-0.15, -0.1) is 0 Å². The quantitative estimate of drug-likeness (QED) is 0.754. The number of phenolic OH excluding ortho intramolecular Hbond substituents is 1. The average Bonchev–Trinajstić information content (AvgIpc) is 2.79. The summed E-state index contributed by atoms with van der Waals surface area (Å²) in [6, 6.07) is 5.94. The highest BCUT2D eigenvalue weighted by molar-refractivity contribution is 5.41. The number of aliphatic hydroxyl groups excluding tert-OH is 1. The smallest absolute Gasteiger partial charge is 0.115 e. The highest BCUT2D eigenvalue weighted by atomic mass is 16.3. The van der Waals surface area contributed by atoms with E-state index in [9.17, 15) is 10.2 Å². The van der Waals surface area contributed by atoms with Crippen LogP contribution in [-0.2, 0) is 6.42 Å². The first-order valence-electron chi connectivity index (χ1n) is 9.04. The SMILES string of the molecule is C=C(C)[C@@H]1Cc2cc(O)ccc2[C@H]2CC[C@]3(C)C[C@@H](O)C[C@H]3[C@@H]21. The Morgan fingerprint density at radius 2 is 2.13 bits per heavy atom. The lowest BCUT2D eigenvalue weighted by atomic mass is 9.52. The van der Waals surface area contributed by atoms with Crippen LogP contribution < -0.4 is 0 Å². The zero-order chi connectivity index (χ0) is 16.4. The van der Waals surface area contributed by atoms with Gasteiger partial charge in [-0.3, -0.25) is 0 Å². The van der Waals surface area contributed by atoms with Gasteiger partial charge < -0.3 is 10.2 Å². The third-order valence-electron chi connectivity index (χ3n) is 7.14. The van der Waals surface area contributed by atoms with Gasteiger partial charge in [-0.2, -0.15) is 0 Å². The molecular formula is C21H28O2. The van der Waals surface area contributed by atoms with Gasteiger partial charge in [0.25, 0.3) is 0 Å². The van der Waals surface area contributed by atoms with Crippen molar-refractivity contribution in [1.29, 1.82) is 0 Å². The predicted octanol–water partition coefficient (Wildman–Crippen LogP) is 4.41. The zero-order valence-electron chi connectivity index (χ0n) is 14.3. The van der Waals surface area contributed by atoms with E-state index < -0.39 is 0 Å². The van der Waals surface area contributed by atoms with E-state index in [1.165, 1.54) is 29.5 Å². The van der Waals surface area contributed by atoms with E-state index in [1.807, 2.05) is 12.1 Å². The zero-order valence-corrected chi connectivity index (χ0v) is 14.3. The summed E-state index contributed by atoms with van der Waals surface area (Å²) in [6.07, 6.45) is 5.19. The third kappa shape index (κ3) is 2.26. The fourth-order valence-corrected chi connectivity index (χ4v) is 6.15. The molecule has 0 heterocycles. The molecule has 2 heteroatoms. The van der Waals surface area contributed by atoms with Gasteiger partial charge in [0.05, 0.1) is 6.10 Å². The maximum atomic E-state index is 10.3. The normalized spacial score (nSPS) is 41.8. The number of allylic oxidation sites excluding steroid dienone is 1. The number of aromatic hydroxyl groups is 1. The molecule has 0 unspecified atom stereocenters. The molecule has 2 saturated carbocycles. The van der Waals surface area contributed by atoms with Gasteiger partial charge in [-0.25, -0.2) is 0 Å². The van der Waals surface area contributed by atoms with Crippen LogP contribution in [0.5, 0.6) is 5.75 Å². The van der Waals surface area contributed by atoms with Crippen LogP contribution >= 0.6 is 0 Å². The highest BCUT2D eigenvalue weighted by Crippen LogP contribution is 2.62. The van der Waals surface area contributed by atoms with E-state index in [2.05, 4.69) is 26.5 Å². The Morgan fingerprint density at radius 1 is 1.35 bits per heavy atom. The summed E-state index contributed by atoms with van der Waals surface area (Å²) in [7, 11) is 0. The number of phenols is 1. The molecule has 1 aromatic carbocycles. The van der Waals surface area contributed by atoms with E-state index in [-0.39, 0.29) is 6.10 Å². The Hall–Kier alpha value is -1.28. The molecule has 3 aliphatic rings. The molecule has 0 aliphatic heterocycles. The molecule has 0 radical (unpaired) electrons. The van der Waals surface area contributed by atoms with Crippen molar-refractivity contribution < 1.29 is 10.2 Å². The fourth-order valence-electron chi connectivity index (χ4n) is 6.15. The van der Waals surface area contributed by atoms with Gasteiger partial charge in [-0.1, -0.05) is 25.1 Å². The fraction of sp³-hybridized carbons (Fsp3) is 0.619. The van der Waals surface area contributed by atoms with E-state index in [0.29, 0.717) is 34.8 Å². The standard InChI is InChI=1S/C21H28O2/c1-12(2)18-9-13-8-14(22)4-5-16(13)17-6-7-21(3)11-15(23)10-19(21)20(17)18/h4-5,8,15,17-20,22-23H,1,6-7,9-11H2,2-3H3/t15-,17+,18-,19-,20-,21+/m0/s1. The van der Waals surface area contributed by atoms with Crippen LogP contribution in [0, 0.1) is 23.2 Å². The first-order chi connectivity index (χ1) is 10.9. The summed E-state index contributed by atoms with van der Waals surface area (Å²) in [6.45, 7) is 8.85. The lowest BCUT2D eigenvalue weighted by molar-refractivity contribution is 0.0362. The van der Waals surface area contributed by atoms with Crippen molar-refractivity contribution in [2.45, 2.75) is 58.0 Å². The van der Waals surface area contributed by atoms with Crippen LogP contribution in [0.3, 0.4) is 0 Å². The van der Waals surface area contributed by atoms with Crippen LogP contribution in [0.2, 0.25) is 0 Å². The Labute approximate surface area is 139 Å². The number of benzene rings is 1. The van der Waals surface area contributed by atoms with E-state index in [0.717, 1.165) is 19.3 Å². The Kier molecular flexibility index (Phi) is 3.39. The van der Waals surface area contributed by atoms with Gasteiger partial charge in [0.1, 0.15) is 5.75 Å². The first-order valence-corrected chi connectivity index (χ1v) is 9.04. The number of rotatable bonds is 1. The number of aliphatic hydroxyl groups is 1.